The van der Waals surface area contributed by atoms with Gasteiger partial charge < -0.3 is 4.42 Å². The maximum atomic E-state index is 11.7. The maximum absolute atomic E-state index is 11.7. The van der Waals surface area contributed by atoms with Gasteiger partial charge in [-0.25, -0.2) is 9.78 Å². The summed E-state index contributed by atoms with van der Waals surface area (Å²) in [6.07, 6.45) is 2.68. The van der Waals surface area contributed by atoms with Crippen molar-refractivity contribution in [3.8, 4) is 0 Å². The first kappa shape index (κ1) is 13.1. The average Bonchev–Trinajstić information content (AvgIpc) is 2.30. The van der Waals surface area contributed by atoms with Gasteiger partial charge in [-0.2, -0.15) is 0 Å². The van der Waals surface area contributed by atoms with Gasteiger partial charge in [0.1, 0.15) is 11.2 Å². The van der Waals surface area contributed by atoms with Gasteiger partial charge in [0.2, 0.25) is 0 Å². The highest BCUT2D eigenvalue weighted by Gasteiger charge is 2.07. The number of rotatable bonds is 4. The minimum atomic E-state index is -0.339. The number of hydrogen-bond donors (Lipinski definition) is 0. The molecule has 0 aliphatic heterocycles. The van der Waals surface area contributed by atoms with Crippen molar-refractivity contribution in [3.05, 3.63) is 39.3 Å². The van der Waals surface area contributed by atoms with Gasteiger partial charge in [0.25, 0.3) is 0 Å². The first-order valence-corrected chi connectivity index (χ1v) is 6.53. The number of nitrogens with zero attached hydrogens (tertiary/aromatic N) is 1. The standard InChI is InChI=1S/C14H16ClNO2/c1-9(2)4-3-5-11-14(17)18-13-7-6-10(15)8-12(13)16-11/h6-9H,3-5H2,1-2H3. The van der Waals surface area contributed by atoms with Crippen molar-refractivity contribution in [3.63, 3.8) is 0 Å². The lowest BCUT2D eigenvalue weighted by Crippen LogP contribution is -2.10. The minimum absolute atomic E-state index is 0.339. The molecule has 0 saturated carbocycles. The van der Waals surface area contributed by atoms with Crippen LogP contribution in [-0.2, 0) is 6.42 Å². The van der Waals surface area contributed by atoms with Crippen LogP contribution in [0, 0.1) is 5.92 Å². The Balaban J connectivity index is 2.27. The summed E-state index contributed by atoms with van der Waals surface area (Å²) in [7, 11) is 0. The molecule has 2 rings (SSSR count). The Morgan fingerprint density at radius 3 is 2.89 bits per heavy atom. The molecule has 0 atom stereocenters. The van der Waals surface area contributed by atoms with Crippen molar-refractivity contribution in [1.29, 1.82) is 0 Å². The van der Waals surface area contributed by atoms with E-state index in [4.69, 9.17) is 16.0 Å². The third kappa shape index (κ3) is 3.10. The van der Waals surface area contributed by atoms with Gasteiger partial charge in [0.05, 0.1) is 0 Å². The van der Waals surface area contributed by atoms with E-state index < -0.39 is 0 Å². The first-order valence-electron chi connectivity index (χ1n) is 6.15. The number of halogens is 1. The van der Waals surface area contributed by atoms with E-state index in [0.29, 0.717) is 34.2 Å². The van der Waals surface area contributed by atoms with E-state index in [1.807, 2.05) is 0 Å². The van der Waals surface area contributed by atoms with Crippen molar-refractivity contribution in [2.24, 2.45) is 5.92 Å². The van der Waals surface area contributed by atoms with Crippen LogP contribution < -0.4 is 5.63 Å². The van der Waals surface area contributed by atoms with Crippen LogP contribution in [0.25, 0.3) is 11.1 Å². The summed E-state index contributed by atoms with van der Waals surface area (Å²) in [4.78, 5) is 16.1. The molecule has 0 saturated heterocycles. The topological polar surface area (TPSA) is 43.1 Å². The van der Waals surface area contributed by atoms with Gasteiger partial charge in [-0.05, 0) is 37.0 Å². The molecule has 0 unspecified atom stereocenters. The molecule has 4 heteroatoms. The predicted molar refractivity (Wildman–Crippen MR) is 73.1 cm³/mol. The van der Waals surface area contributed by atoms with Gasteiger partial charge in [0, 0.05) is 5.02 Å². The van der Waals surface area contributed by atoms with E-state index in [-0.39, 0.29) is 5.63 Å². The quantitative estimate of drug-likeness (QED) is 0.844. The minimum Gasteiger partial charge on any atom is -0.420 e. The fraction of sp³-hybridized carbons (Fsp3) is 0.429. The normalized spacial score (nSPS) is 11.3. The summed E-state index contributed by atoms with van der Waals surface area (Å²) in [5.41, 5.74) is 1.28. The Hall–Kier alpha value is -1.35. The molecule has 1 aromatic carbocycles. The zero-order chi connectivity index (χ0) is 13.1. The summed E-state index contributed by atoms with van der Waals surface area (Å²) in [6, 6.07) is 5.07. The van der Waals surface area contributed by atoms with Crippen LogP contribution in [-0.4, -0.2) is 4.98 Å². The van der Waals surface area contributed by atoms with Crippen molar-refractivity contribution in [2.75, 3.05) is 0 Å². The lowest BCUT2D eigenvalue weighted by molar-refractivity contribution is 0.519. The molecule has 18 heavy (non-hydrogen) atoms. The van der Waals surface area contributed by atoms with Gasteiger partial charge in [-0.1, -0.05) is 31.9 Å². The third-order valence-electron chi connectivity index (χ3n) is 2.81. The summed E-state index contributed by atoms with van der Waals surface area (Å²) in [5.74, 6) is 0.631. The second-order valence-electron chi connectivity index (χ2n) is 4.85. The number of aromatic nitrogens is 1. The summed E-state index contributed by atoms with van der Waals surface area (Å²) < 4.78 is 5.23. The zero-order valence-corrected chi connectivity index (χ0v) is 11.3. The first-order chi connectivity index (χ1) is 8.56. The monoisotopic (exact) mass is 265 g/mol. The Kier molecular flexibility index (Phi) is 4.02. The van der Waals surface area contributed by atoms with Crippen LogP contribution >= 0.6 is 11.6 Å². The molecule has 0 aliphatic rings. The maximum Gasteiger partial charge on any atom is 0.358 e. The van der Waals surface area contributed by atoms with Crippen molar-refractivity contribution >= 4 is 22.7 Å². The Morgan fingerprint density at radius 2 is 2.17 bits per heavy atom. The molecule has 0 aliphatic carbocycles. The van der Waals surface area contributed by atoms with E-state index in [2.05, 4.69) is 18.8 Å². The van der Waals surface area contributed by atoms with Crippen LogP contribution in [0.5, 0.6) is 0 Å². The molecule has 1 heterocycles. The number of aryl methyl sites for hydroxylation is 1. The zero-order valence-electron chi connectivity index (χ0n) is 10.6. The molecule has 0 radical (unpaired) electrons. The molecule has 2 aromatic rings. The molecular formula is C14H16ClNO2. The predicted octanol–water partition coefficient (Wildman–Crippen LogP) is 3.82. The molecule has 1 aromatic heterocycles. The summed E-state index contributed by atoms with van der Waals surface area (Å²) in [5, 5.41) is 0.594. The highest BCUT2D eigenvalue weighted by Crippen LogP contribution is 2.17. The van der Waals surface area contributed by atoms with Crippen LogP contribution in [0.4, 0.5) is 0 Å². The summed E-state index contributed by atoms with van der Waals surface area (Å²) >= 11 is 5.90. The molecule has 0 spiro atoms. The average molecular weight is 266 g/mol. The Morgan fingerprint density at radius 1 is 1.39 bits per heavy atom. The molecule has 0 fully saturated rings. The van der Waals surface area contributed by atoms with Gasteiger partial charge >= 0.3 is 5.63 Å². The van der Waals surface area contributed by atoms with E-state index in [1.54, 1.807) is 18.2 Å². The largest absolute Gasteiger partial charge is 0.420 e. The fourth-order valence-corrected chi connectivity index (χ4v) is 2.02. The van der Waals surface area contributed by atoms with Crippen LogP contribution in [0.2, 0.25) is 5.02 Å². The number of benzene rings is 1. The molecule has 0 bridgehead atoms. The van der Waals surface area contributed by atoms with Crippen LogP contribution in [0.3, 0.4) is 0 Å². The van der Waals surface area contributed by atoms with E-state index in [0.717, 1.165) is 12.8 Å². The van der Waals surface area contributed by atoms with E-state index in [1.165, 1.54) is 0 Å². The Labute approximate surface area is 111 Å². The van der Waals surface area contributed by atoms with E-state index >= 15 is 0 Å². The highest BCUT2D eigenvalue weighted by molar-refractivity contribution is 6.31. The van der Waals surface area contributed by atoms with Gasteiger partial charge in [-0.15, -0.1) is 0 Å². The molecule has 0 amide bonds. The Bertz CT molecular complexity index is 604. The molecule has 96 valence electrons. The van der Waals surface area contributed by atoms with Crippen molar-refractivity contribution in [1.82, 2.24) is 4.98 Å². The smallest absolute Gasteiger partial charge is 0.358 e. The second-order valence-corrected chi connectivity index (χ2v) is 5.28. The molecule has 0 N–H and O–H groups in total. The van der Waals surface area contributed by atoms with Gasteiger partial charge in [-0.3, -0.25) is 0 Å². The molecular weight excluding hydrogens is 250 g/mol. The lowest BCUT2D eigenvalue weighted by Gasteiger charge is -2.04. The third-order valence-corrected chi connectivity index (χ3v) is 3.04. The number of hydrogen-bond acceptors (Lipinski definition) is 3. The van der Waals surface area contributed by atoms with Gasteiger partial charge in [0.15, 0.2) is 5.58 Å². The lowest BCUT2D eigenvalue weighted by atomic mass is 10.1. The second kappa shape index (κ2) is 5.53. The summed E-state index contributed by atoms with van der Waals surface area (Å²) in [6.45, 7) is 4.33. The molecule has 3 nitrogen and oxygen atoms in total. The number of fused-ring (bicyclic) bond motifs is 1. The van der Waals surface area contributed by atoms with Crippen LogP contribution in [0.1, 0.15) is 32.4 Å². The van der Waals surface area contributed by atoms with Crippen molar-refractivity contribution in [2.45, 2.75) is 33.1 Å². The van der Waals surface area contributed by atoms with E-state index in [9.17, 15) is 4.79 Å². The highest BCUT2D eigenvalue weighted by atomic mass is 35.5. The SMILES string of the molecule is CC(C)CCCc1nc2cc(Cl)ccc2oc1=O. The van der Waals surface area contributed by atoms with Crippen molar-refractivity contribution < 1.29 is 4.42 Å². The van der Waals surface area contributed by atoms with Crippen LogP contribution in [0.15, 0.2) is 27.4 Å². The fourth-order valence-electron chi connectivity index (χ4n) is 1.85.